The van der Waals surface area contributed by atoms with E-state index in [0.29, 0.717) is 18.9 Å². The minimum Gasteiger partial charge on any atom is -0.369 e. The molecule has 0 aromatic heterocycles. The minimum absolute atomic E-state index is 0.0316. The number of imide groups is 1. The van der Waals surface area contributed by atoms with Gasteiger partial charge in [-0.1, -0.05) is 20.8 Å². The van der Waals surface area contributed by atoms with Crippen LogP contribution in [-0.4, -0.2) is 39.2 Å². The van der Waals surface area contributed by atoms with Crippen LogP contribution in [0.2, 0.25) is 0 Å². The van der Waals surface area contributed by atoms with Gasteiger partial charge >= 0.3 is 0 Å². The lowest BCUT2D eigenvalue weighted by molar-refractivity contribution is -0.139. The molecule has 1 atom stereocenters. The van der Waals surface area contributed by atoms with Crippen molar-refractivity contribution < 1.29 is 14.4 Å². The smallest absolute Gasteiger partial charge is 0.242 e. The first-order valence-electron chi connectivity index (χ1n) is 7.98. The number of amides is 3. The molecule has 1 unspecified atom stereocenters. The summed E-state index contributed by atoms with van der Waals surface area (Å²) in [6, 6.07) is 0. The van der Waals surface area contributed by atoms with E-state index < -0.39 is 0 Å². The highest BCUT2D eigenvalue weighted by atomic mass is 32.2. The van der Waals surface area contributed by atoms with E-state index in [1.54, 1.807) is 11.8 Å². The summed E-state index contributed by atoms with van der Waals surface area (Å²) in [5, 5.41) is -0.241. The van der Waals surface area contributed by atoms with Crippen LogP contribution in [0.5, 0.6) is 0 Å². The lowest BCUT2D eigenvalue weighted by atomic mass is 9.81. The summed E-state index contributed by atoms with van der Waals surface area (Å²) in [6.07, 6.45) is 3.59. The summed E-state index contributed by atoms with van der Waals surface area (Å²) in [6.45, 7) is 6.68. The molecule has 2 rings (SSSR count). The van der Waals surface area contributed by atoms with Gasteiger partial charge in [0.25, 0.3) is 0 Å². The second kappa shape index (κ2) is 6.60. The third kappa shape index (κ3) is 4.24. The van der Waals surface area contributed by atoms with Crippen molar-refractivity contribution in [2.45, 2.75) is 62.9 Å². The molecule has 22 heavy (non-hydrogen) atoms. The highest BCUT2D eigenvalue weighted by Crippen LogP contribution is 2.36. The van der Waals surface area contributed by atoms with E-state index in [1.165, 1.54) is 4.90 Å². The van der Waals surface area contributed by atoms with E-state index in [1.807, 2.05) is 0 Å². The zero-order valence-corrected chi connectivity index (χ0v) is 14.4. The third-order valence-electron chi connectivity index (χ3n) is 4.39. The number of primary amides is 1. The number of nitrogens with zero attached hydrogens (tertiary/aromatic N) is 1. The van der Waals surface area contributed by atoms with Crippen LogP contribution >= 0.6 is 11.8 Å². The second-order valence-corrected chi connectivity index (χ2v) is 9.42. The molecule has 3 amide bonds. The first-order valence-corrected chi connectivity index (χ1v) is 8.86. The first kappa shape index (κ1) is 17.3. The number of hydrogen-bond donors (Lipinski definition) is 1. The molecule has 2 fully saturated rings. The van der Waals surface area contributed by atoms with E-state index >= 15 is 0 Å². The molecule has 0 spiro atoms. The van der Waals surface area contributed by atoms with Crippen LogP contribution in [0.1, 0.15) is 52.9 Å². The molecular formula is C16H26N2O3S. The zero-order chi connectivity index (χ0) is 16.5. The van der Waals surface area contributed by atoms with Crippen LogP contribution in [0.3, 0.4) is 0 Å². The maximum absolute atomic E-state index is 12.5. The lowest BCUT2D eigenvalue weighted by Crippen LogP contribution is -2.38. The van der Waals surface area contributed by atoms with Crippen molar-refractivity contribution in [1.29, 1.82) is 0 Å². The Kier molecular flexibility index (Phi) is 5.20. The molecular weight excluding hydrogens is 300 g/mol. The molecule has 2 aliphatic rings. The van der Waals surface area contributed by atoms with E-state index in [9.17, 15) is 14.4 Å². The van der Waals surface area contributed by atoms with Gasteiger partial charge in [-0.05, 0) is 31.6 Å². The van der Waals surface area contributed by atoms with Gasteiger partial charge in [-0.2, -0.15) is 0 Å². The van der Waals surface area contributed by atoms with Crippen LogP contribution in [0, 0.1) is 11.8 Å². The summed E-state index contributed by atoms with van der Waals surface area (Å²) < 4.78 is -0.0316. The summed E-state index contributed by atoms with van der Waals surface area (Å²) in [4.78, 5) is 37.2. The molecule has 5 nitrogen and oxygen atoms in total. The average molecular weight is 326 g/mol. The van der Waals surface area contributed by atoms with Gasteiger partial charge in [-0.15, -0.1) is 11.8 Å². The predicted octanol–water partition coefficient (Wildman–Crippen LogP) is 1.94. The van der Waals surface area contributed by atoms with E-state index in [-0.39, 0.29) is 33.6 Å². The molecule has 0 aromatic rings. The Morgan fingerprint density at radius 3 is 2.32 bits per heavy atom. The van der Waals surface area contributed by atoms with E-state index in [4.69, 9.17) is 5.73 Å². The van der Waals surface area contributed by atoms with Gasteiger partial charge in [0.1, 0.15) is 0 Å². The van der Waals surface area contributed by atoms with Crippen molar-refractivity contribution >= 4 is 29.5 Å². The Hall–Kier alpha value is -1.04. The van der Waals surface area contributed by atoms with Gasteiger partial charge in [0.2, 0.25) is 17.7 Å². The fourth-order valence-electron chi connectivity index (χ4n) is 3.25. The molecule has 0 bridgehead atoms. The van der Waals surface area contributed by atoms with Crippen LogP contribution < -0.4 is 5.73 Å². The Balaban J connectivity index is 1.89. The summed E-state index contributed by atoms with van der Waals surface area (Å²) >= 11 is 1.57. The quantitative estimate of drug-likeness (QED) is 0.801. The summed E-state index contributed by atoms with van der Waals surface area (Å²) in [5.41, 5.74) is 5.34. The number of carbonyl (C=O) groups excluding carboxylic acids is 3. The van der Waals surface area contributed by atoms with Gasteiger partial charge in [0, 0.05) is 23.6 Å². The standard InChI is InChI=1S/C16H26N2O3S/c1-16(2,3)22-12-8-13(19)18(15(12)21)9-10-4-6-11(7-5-10)14(17)20/h10-12H,4-9H2,1-3H3,(H2,17,20). The number of likely N-dealkylation sites (tertiary alicyclic amines) is 1. The predicted molar refractivity (Wildman–Crippen MR) is 87.1 cm³/mol. The molecule has 1 heterocycles. The first-order chi connectivity index (χ1) is 10.2. The van der Waals surface area contributed by atoms with Crippen molar-refractivity contribution in [3.8, 4) is 0 Å². The topological polar surface area (TPSA) is 80.5 Å². The average Bonchev–Trinajstić information content (AvgIpc) is 2.65. The zero-order valence-electron chi connectivity index (χ0n) is 13.6. The van der Waals surface area contributed by atoms with Crippen molar-refractivity contribution in [2.24, 2.45) is 17.6 Å². The van der Waals surface area contributed by atoms with Crippen molar-refractivity contribution in [3.05, 3.63) is 0 Å². The number of thioether (sulfide) groups is 1. The van der Waals surface area contributed by atoms with Crippen LogP contribution in [-0.2, 0) is 14.4 Å². The highest BCUT2D eigenvalue weighted by Gasteiger charge is 2.41. The van der Waals surface area contributed by atoms with Crippen molar-refractivity contribution in [1.82, 2.24) is 4.90 Å². The molecule has 1 aliphatic carbocycles. The Bertz CT molecular complexity index is 465. The van der Waals surface area contributed by atoms with Gasteiger partial charge in [0.05, 0.1) is 5.25 Å². The second-order valence-electron chi connectivity index (χ2n) is 7.39. The molecule has 0 aromatic carbocycles. The summed E-state index contributed by atoms with van der Waals surface area (Å²) in [5.74, 6) is -0.0496. The van der Waals surface area contributed by atoms with E-state index in [0.717, 1.165) is 25.7 Å². The minimum atomic E-state index is -0.241. The SMILES string of the molecule is CC(C)(C)SC1CC(=O)N(CC2CCC(C(N)=O)CC2)C1=O. The van der Waals surface area contributed by atoms with Crippen molar-refractivity contribution in [2.75, 3.05) is 6.54 Å². The molecule has 1 saturated heterocycles. The van der Waals surface area contributed by atoms with Crippen molar-refractivity contribution in [3.63, 3.8) is 0 Å². The Morgan fingerprint density at radius 1 is 1.23 bits per heavy atom. The molecule has 1 saturated carbocycles. The van der Waals surface area contributed by atoms with Gasteiger partial charge in [-0.25, -0.2) is 0 Å². The number of carbonyl (C=O) groups is 3. The molecule has 124 valence electrons. The van der Waals surface area contributed by atoms with Gasteiger partial charge in [0.15, 0.2) is 0 Å². The molecule has 2 N–H and O–H groups in total. The molecule has 0 radical (unpaired) electrons. The highest BCUT2D eigenvalue weighted by molar-refractivity contribution is 8.01. The third-order valence-corrected chi connectivity index (χ3v) is 5.75. The Morgan fingerprint density at radius 2 is 1.82 bits per heavy atom. The molecule has 1 aliphatic heterocycles. The maximum atomic E-state index is 12.5. The van der Waals surface area contributed by atoms with Gasteiger partial charge in [-0.3, -0.25) is 19.3 Å². The fraction of sp³-hybridized carbons (Fsp3) is 0.812. The lowest BCUT2D eigenvalue weighted by Gasteiger charge is -2.29. The van der Waals surface area contributed by atoms with E-state index in [2.05, 4.69) is 20.8 Å². The summed E-state index contributed by atoms with van der Waals surface area (Å²) in [7, 11) is 0. The monoisotopic (exact) mass is 326 g/mol. The molecule has 6 heteroatoms. The number of nitrogens with two attached hydrogens (primary N) is 1. The normalized spacial score (nSPS) is 30.0. The van der Waals surface area contributed by atoms with Crippen LogP contribution in [0.25, 0.3) is 0 Å². The van der Waals surface area contributed by atoms with Crippen LogP contribution in [0.4, 0.5) is 0 Å². The Labute approximate surface area is 136 Å². The number of hydrogen-bond acceptors (Lipinski definition) is 4. The largest absolute Gasteiger partial charge is 0.369 e. The van der Waals surface area contributed by atoms with Gasteiger partial charge < -0.3 is 5.73 Å². The fourth-order valence-corrected chi connectivity index (χ4v) is 4.56. The van der Waals surface area contributed by atoms with Crippen LogP contribution in [0.15, 0.2) is 0 Å². The maximum Gasteiger partial charge on any atom is 0.242 e. The number of rotatable bonds is 4.